The first-order chi connectivity index (χ1) is 11.9. The zero-order valence-corrected chi connectivity index (χ0v) is 15.9. The Morgan fingerprint density at radius 1 is 1.32 bits per heavy atom. The number of amides is 1. The van der Waals surface area contributed by atoms with E-state index in [4.69, 9.17) is 9.47 Å². The molecule has 2 atom stereocenters. The van der Waals surface area contributed by atoms with Gasteiger partial charge in [-0.05, 0) is 12.1 Å². The van der Waals surface area contributed by atoms with Gasteiger partial charge in [-0.15, -0.1) is 0 Å². The summed E-state index contributed by atoms with van der Waals surface area (Å²) in [5, 5.41) is 0.368. The summed E-state index contributed by atoms with van der Waals surface area (Å²) in [5.41, 5.74) is 0.654. The maximum Gasteiger partial charge on any atom is 0.247 e. The summed E-state index contributed by atoms with van der Waals surface area (Å²) in [6, 6.07) is 5.02. The van der Waals surface area contributed by atoms with Gasteiger partial charge in [0.2, 0.25) is 5.91 Å². The van der Waals surface area contributed by atoms with Gasteiger partial charge in [0, 0.05) is 17.7 Å². The van der Waals surface area contributed by atoms with Gasteiger partial charge in [0.1, 0.15) is 11.5 Å². The summed E-state index contributed by atoms with van der Waals surface area (Å²) in [7, 11) is -0.00830. The van der Waals surface area contributed by atoms with Crippen LogP contribution in [0.5, 0.6) is 11.5 Å². The number of rotatable bonds is 4. The summed E-state index contributed by atoms with van der Waals surface area (Å²) in [5.74, 6) is 1.07. The number of anilines is 1. The molecule has 1 aromatic rings. The molecule has 0 spiro atoms. The van der Waals surface area contributed by atoms with E-state index in [1.54, 1.807) is 39.3 Å². The highest BCUT2D eigenvalue weighted by molar-refractivity contribution is 8.16. The molecule has 1 aromatic carbocycles. The van der Waals surface area contributed by atoms with E-state index in [0.29, 0.717) is 28.8 Å². The zero-order valence-electron chi connectivity index (χ0n) is 14.3. The van der Waals surface area contributed by atoms with E-state index in [1.165, 1.54) is 11.8 Å². The van der Waals surface area contributed by atoms with Crippen molar-refractivity contribution in [1.82, 2.24) is 0 Å². The standard InChI is InChI=1S/C16H20N2O5S2/c1-4-15(19)17-16-18(12-8-25(20,21)9-14(12)24-16)11-7-10(22-2)5-6-13(11)23-3/h5-7,12,14H,4,8-9H2,1-3H3/t12-,14+/m0/s1. The van der Waals surface area contributed by atoms with E-state index in [2.05, 4.69) is 4.99 Å². The second-order valence-corrected chi connectivity index (χ2v) is 9.21. The maximum atomic E-state index is 12.1. The fourth-order valence-corrected chi connectivity index (χ4v) is 6.94. The molecule has 0 N–H and O–H groups in total. The summed E-state index contributed by atoms with van der Waals surface area (Å²) in [6.45, 7) is 1.74. The van der Waals surface area contributed by atoms with Crippen molar-refractivity contribution in [1.29, 1.82) is 0 Å². The maximum absolute atomic E-state index is 12.1. The van der Waals surface area contributed by atoms with Gasteiger partial charge in [-0.25, -0.2) is 8.42 Å². The zero-order chi connectivity index (χ0) is 18.2. The van der Waals surface area contributed by atoms with Crippen LogP contribution in [0.3, 0.4) is 0 Å². The molecule has 2 heterocycles. The van der Waals surface area contributed by atoms with Crippen molar-refractivity contribution in [3.63, 3.8) is 0 Å². The van der Waals surface area contributed by atoms with Crippen LogP contribution in [0.1, 0.15) is 13.3 Å². The Balaban J connectivity index is 2.11. The third-order valence-electron chi connectivity index (χ3n) is 4.23. The van der Waals surface area contributed by atoms with E-state index in [-0.39, 0.29) is 28.7 Å². The number of carbonyl (C=O) groups excluding carboxylic acids is 1. The van der Waals surface area contributed by atoms with Crippen LogP contribution in [0, 0.1) is 0 Å². The first-order valence-corrected chi connectivity index (χ1v) is 10.6. The SMILES string of the molecule is CCC(=O)N=C1S[C@@H]2CS(=O)(=O)C[C@@H]2N1c1cc(OC)ccc1OC. The van der Waals surface area contributed by atoms with Gasteiger partial charge in [0.25, 0.3) is 0 Å². The summed E-state index contributed by atoms with van der Waals surface area (Å²) < 4.78 is 34.9. The Morgan fingerprint density at radius 3 is 2.72 bits per heavy atom. The van der Waals surface area contributed by atoms with Crippen LogP contribution in [0.2, 0.25) is 0 Å². The Kier molecular flexibility index (Phi) is 4.97. The number of ether oxygens (including phenoxy) is 2. The van der Waals surface area contributed by atoms with Gasteiger partial charge >= 0.3 is 0 Å². The smallest absolute Gasteiger partial charge is 0.247 e. The van der Waals surface area contributed by atoms with Gasteiger partial charge in [-0.1, -0.05) is 18.7 Å². The summed E-state index contributed by atoms with van der Waals surface area (Å²) in [4.78, 5) is 17.9. The lowest BCUT2D eigenvalue weighted by Gasteiger charge is -2.26. The van der Waals surface area contributed by atoms with Crippen LogP contribution < -0.4 is 14.4 Å². The van der Waals surface area contributed by atoms with Crippen molar-refractivity contribution >= 4 is 38.4 Å². The lowest BCUT2D eigenvalue weighted by Crippen LogP contribution is -2.38. The number of thioether (sulfide) groups is 1. The number of aliphatic imine (C=N–C) groups is 1. The second kappa shape index (κ2) is 6.87. The average Bonchev–Trinajstić information content (AvgIpc) is 3.04. The molecule has 1 amide bonds. The Labute approximate surface area is 151 Å². The van der Waals surface area contributed by atoms with Crippen molar-refractivity contribution in [3.05, 3.63) is 18.2 Å². The minimum atomic E-state index is -3.11. The fraction of sp³-hybridized carbons (Fsp3) is 0.500. The van der Waals surface area contributed by atoms with Crippen LogP contribution in [-0.2, 0) is 14.6 Å². The summed E-state index contributed by atoms with van der Waals surface area (Å²) in [6.07, 6.45) is 0.292. The minimum Gasteiger partial charge on any atom is -0.497 e. The average molecular weight is 384 g/mol. The number of hydrogen-bond donors (Lipinski definition) is 0. The number of hydrogen-bond acceptors (Lipinski definition) is 6. The molecule has 7 nitrogen and oxygen atoms in total. The van der Waals surface area contributed by atoms with Gasteiger partial charge in [0.05, 0.1) is 37.5 Å². The highest BCUT2D eigenvalue weighted by Crippen LogP contribution is 2.44. The molecular weight excluding hydrogens is 364 g/mol. The molecule has 0 radical (unpaired) electrons. The predicted molar refractivity (Wildman–Crippen MR) is 98.6 cm³/mol. The number of methoxy groups -OCH3 is 2. The van der Waals surface area contributed by atoms with E-state index in [1.807, 2.05) is 4.90 Å². The van der Waals surface area contributed by atoms with Crippen LogP contribution in [0.15, 0.2) is 23.2 Å². The number of fused-ring (bicyclic) bond motifs is 1. The summed E-state index contributed by atoms with van der Waals surface area (Å²) >= 11 is 1.34. The van der Waals surface area contributed by atoms with Crippen LogP contribution in [0.25, 0.3) is 0 Å². The second-order valence-electron chi connectivity index (χ2n) is 5.85. The van der Waals surface area contributed by atoms with Crippen LogP contribution in [-0.4, -0.2) is 56.5 Å². The van der Waals surface area contributed by atoms with Crippen LogP contribution in [0.4, 0.5) is 5.69 Å². The van der Waals surface area contributed by atoms with Crippen molar-refractivity contribution in [2.45, 2.75) is 24.6 Å². The molecule has 2 aliphatic heterocycles. The lowest BCUT2D eigenvalue weighted by atomic mass is 10.2. The molecule has 2 fully saturated rings. The number of benzene rings is 1. The van der Waals surface area contributed by atoms with Crippen LogP contribution >= 0.6 is 11.8 Å². The van der Waals surface area contributed by atoms with Crippen molar-refractivity contribution in [2.75, 3.05) is 30.6 Å². The highest BCUT2D eigenvalue weighted by atomic mass is 32.2. The monoisotopic (exact) mass is 384 g/mol. The van der Waals surface area contributed by atoms with Gasteiger partial charge < -0.3 is 14.4 Å². The topological polar surface area (TPSA) is 85.3 Å². The molecule has 2 aliphatic rings. The highest BCUT2D eigenvalue weighted by Gasteiger charge is 2.50. The normalized spacial score (nSPS) is 25.9. The molecule has 9 heteroatoms. The fourth-order valence-electron chi connectivity index (χ4n) is 3.02. The molecule has 0 unspecified atom stereocenters. The quantitative estimate of drug-likeness (QED) is 0.781. The molecular formula is C16H20N2O5S2. The number of carbonyl (C=O) groups is 1. The molecule has 0 bridgehead atoms. The number of nitrogens with zero attached hydrogens (tertiary/aromatic N) is 2. The van der Waals surface area contributed by atoms with Gasteiger partial charge in [-0.3, -0.25) is 4.79 Å². The molecule has 0 aromatic heterocycles. The lowest BCUT2D eigenvalue weighted by molar-refractivity contribution is -0.117. The Hall–Kier alpha value is -1.74. The van der Waals surface area contributed by atoms with Gasteiger partial charge in [0.15, 0.2) is 15.0 Å². The van der Waals surface area contributed by atoms with E-state index in [9.17, 15) is 13.2 Å². The number of sulfone groups is 1. The predicted octanol–water partition coefficient (Wildman–Crippen LogP) is 1.72. The van der Waals surface area contributed by atoms with Crippen molar-refractivity contribution < 1.29 is 22.7 Å². The van der Waals surface area contributed by atoms with E-state index >= 15 is 0 Å². The third kappa shape index (κ3) is 3.48. The van der Waals surface area contributed by atoms with E-state index < -0.39 is 9.84 Å². The largest absolute Gasteiger partial charge is 0.497 e. The molecule has 0 aliphatic carbocycles. The molecule has 2 saturated heterocycles. The molecule has 136 valence electrons. The molecule has 0 saturated carbocycles. The van der Waals surface area contributed by atoms with Gasteiger partial charge in [-0.2, -0.15) is 4.99 Å². The molecule has 25 heavy (non-hydrogen) atoms. The number of amidine groups is 1. The first-order valence-electron chi connectivity index (χ1n) is 7.88. The molecule has 3 rings (SSSR count). The minimum absolute atomic E-state index is 0.0321. The third-order valence-corrected chi connectivity index (χ3v) is 7.44. The van der Waals surface area contributed by atoms with Crippen molar-refractivity contribution in [3.8, 4) is 11.5 Å². The van der Waals surface area contributed by atoms with Crippen molar-refractivity contribution in [2.24, 2.45) is 4.99 Å². The Morgan fingerprint density at radius 2 is 2.08 bits per heavy atom. The first kappa shape index (κ1) is 18.1. The van der Waals surface area contributed by atoms with E-state index in [0.717, 1.165) is 0 Å². The Bertz CT molecular complexity index is 822.